The second-order valence-corrected chi connectivity index (χ2v) is 4.62. The Labute approximate surface area is 118 Å². The SMILES string of the molecule is C=C(C)c1cccc(C)c1-n1cncc1C(=O)OCC. The lowest BCUT2D eigenvalue weighted by Gasteiger charge is -2.15. The topological polar surface area (TPSA) is 44.1 Å². The summed E-state index contributed by atoms with van der Waals surface area (Å²) >= 11 is 0. The van der Waals surface area contributed by atoms with Crippen LogP contribution in [0.25, 0.3) is 11.3 Å². The van der Waals surface area contributed by atoms with Gasteiger partial charge in [-0.25, -0.2) is 9.78 Å². The molecule has 0 aliphatic heterocycles. The van der Waals surface area contributed by atoms with E-state index in [9.17, 15) is 4.79 Å². The van der Waals surface area contributed by atoms with Crippen LogP contribution in [0.3, 0.4) is 0 Å². The number of benzene rings is 1. The summed E-state index contributed by atoms with van der Waals surface area (Å²) < 4.78 is 6.83. The molecule has 20 heavy (non-hydrogen) atoms. The van der Waals surface area contributed by atoms with E-state index in [0.717, 1.165) is 22.4 Å². The van der Waals surface area contributed by atoms with Crippen LogP contribution < -0.4 is 0 Å². The number of aryl methyl sites for hydroxylation is 1. The lowest BCUT2D eigenvalue weighted by atomic mass is 10.0. The first-order valence-electron chi connectivity index (χ1n) is 6.51. The maximum absolute atomic E-state index is 12.0. The molecule has 0 unspecified atom stereocenters. The molecule has 0 N–H and O–H groups in total. The fourth-order valence-corrected chi connectivity index (χ4v) is 2.15. The smallest absolute Gasteiger partial charge is 0.356 e. The van der Waals surface area contributed by atoms with Crippen molar-refractivity contribution in [2.24, 2.45) is 0 Å². The highest BCUT2D eigenvalue weighted by Crippen LogP contribution is 2.26. The molecule has 0 spiro atoms. The molecule has 0 aliphatic carbocycles. The minimum atomic E-state index is -0.374. The number of hydrogen-bond donors (Lipinski definition) is 0. The van der Waals surface area contributed by atoms with Crippen LogP contribution in [-0.2, 0) is 4.74 Å². The predicted molar refractivity (Wildman–Crippen MR) is 79.0 cm³/mol. The second-order valence-electron chi connectivity index (χ2n) is 4.62. The van der Waals surface area contributed by atoms with Crippen molar-refractivity contribution in [3.05, 3.63) is 54.1 Å². The van der Waals surface area contributed by atoms with Gasteiger partial charge in [0.2, 0.25) is 0 Å². The van der Waals surface area contributed by atoms with E-state index in [2.05, 4.69) is 11.6 Å². The van der Waals surface area contributed by atoms with Crippen molar-refractivity contribution in [1.82, 2.24) is 9.55 Å². The van der Waals surface area contributed by atoms with Gasteiger partial charge in [-0.2, -0.15) is 0 Å². The van der Waals surface area contributed by atoms with Gasteiger partial charge in [-0.1, -0.05) is 24.8 Å². The van der Waals surface area contributed by atoms with E-state index in [1.54, 1.807) is 17.8 Å². The second kappa shape index (κ2) is 5.74. The lowest BCUT2D eigenvalue weighted by Crippen LogP contribution is -2.12. The average Bonchev–Trinajstić information content (AvgIpc) is 2.87. The number of hydrogen-bond acceptors (Lipinski definition) is 3. The Kier molecular flexibility index (Phi) is 4.03. The molecule has 0 radical (unpaired) electrons. The molecule has 0 bridgehead atoms. The summed E-state index contributed by atoms with van der Waals surface area (Å²) in [5, 5.41) is 0. The summed E-state index contributed by atoms with van der Waals surface area (Å²) in [6.45, 7) is 10.1. The van der Waals surface area contributed by atoms with Crippen LogP contribution in [0.15, 0.2) is 37.3 Å². The monoisotopic (exact) mass is 270 g/mol. The standard InChI is InChI=1S/C16H18N2O2/c1-5-20-16(19)14-9-17-10-18(14)15-12(4)7-6-8-13(15)11(2)3/h6-10H,2,5H2,1,3-4H3. The van der Waals surface area contributed by atoms with Crippen LogP contribution in [0.4, 0.5) is 0 Å². The number of rotatable bonds is 4. The molecule has 104 valence electrons. The van der Waals surface area contributed by atoms with E-state index in [-0.39, 0.29) is 5.97 Å². The molecule has 4 nitrogen and oxygen atoms in total. The molecule has 0 fully saturated rings. The largest absolute Gasteiger partial charge is 0.461 e. The first kappa shape index (κ1) is 14.1. The van der Waals surface area contributed by atoms with Gasteiger partial charge in [0.05, 0.1) is 24.8 Å². The van der Waals surface area contributed by atoms with Crippen molar-refractivity contribution in [3.8, 4) is 5.69 Å². The van der Waals surface area contributed by atoms with Gasteiger partial charge in [0.25, 0.3) is 0 Å². The number of nitrogens with zero attached hydrogens (tertiary/aromatic N) is 2. The van der Waals surface area contributed by atoms with Crippen molar-refractivity contribution in [3.63, 3.8) is 0 Å². The molecule has 0 aliphatic rings. The third kappa shape index (κ3) is 2.50. The summed E-state index contributed by atoms with van der Waals surface area (Å²) in [4.78, 5) is 16.1. The van der Waals surface area contributed by atoms with Crippen LogP contribution in [-0.4, -0.2) is 22.1 Å². The molecular formula is C16H18N2O2. The highest BCUT2D eigenvalue weighted by atomic mass is 16.5. The number of esters is 1. The fraction of sp³-hybridized carbons (Fsp3) is 0.250. The Balaban J connectivity index is 2.61. The summed E-state index contributed by atoms with van der Waals surface area (Å²) in [5.74, 6) is -0.374. The number of carbonyl (C=O) groups is 1. The fourth-order valence-electron chi connectivity index (χ4n) is 2.15. The molecule has 1 aromatic carbocycles. The minimum Gasteiger partial charge on any atom is -0.461 e. The van der Waals surface area contributed by atoms with Crippen LogP contribution >= 0.6 is 0 Å². The van der Waals surface area contributed by atoms with Crippen molar-refractivity contribution < 1.29 is 9.53 Å². The lowest BCUT2D eigenvalue weighted by molar-refractivity contribution is 0.0517. The minimum absolute atomic E-state index is 0.338. The van der Waals surface area contributed by atoms with Crippen LogP contribution in [0.1, 0.15) is 35.5 Å². The summed E-state index contributed by atoms with van der Waals surface area (Å²) in [7, 11) is 0. The number of para-hydroxylation sites is 1. The zero-order valence-electron chi connectivity index (χ0n) is 12.0. The van der Waals surface area contributed by atoms with Gasteiger partial charge in [0.15, 0.2) is 5.69 Å². The van der Waals surface area contributed by atoms with Crippen molar-refractivity contribution in [2.45, 2.75) is 20.8 Å². The Bertz CT molecular complexity index is 656. The van der Waals surface area contributed by atoms with Gasteiger partial charge in [0.1, 0.15) is 0 Å². The molecule has 1 heterocycles. The maximum Gasteiger partial charge on any atom is 0.356 e. The first-order valence-corrected chi connectivity index (χ1v) is 6.51. The van der Waals surface area contributed by atoms with Crippen LogP contribution in [0, 0.1) is 6.92 Å². The van der Waals surface area contributed by atoms with Crippen molar-refractivity contribution in [1.29, 1.82) is 0 Å². The van der Waals surface area contributed by atoms with E-state index >= 15 is 0 Å². The number of aromatic nitrogens is 2. The average molecular weight is 270 g/mol. The number of allylic oxidation sites excluding steroid dienone is 1. The highest BCUT2D eigenvalue weighted by Gasteiger charge is 2.17. The Morgan fingerprint density at radius 1 is 1.45 bits per heavy atom. The molecule has 0 saturated heterocycles. The molecule has 1 aromatic heterocycles. The van der Waals surface area contributed by atoms with Gasteiger partial charge < -0.3 is 4.74 Å². The number of imidazole rings is 1. The zero-order chi connectivity index (χ0) is 14.7. The number of carbonyl (C=O) groups excluding carboxylic acids is 1. The van der Waals surface area contributed by atoms with E-state index < -0.39 is 0 Å². The molecule has 2 rings (SSSR count). The van der Waals surface area contributed by atoms with Gasteiger partial charge >= 0.3 is 5.97 Å². The molecule has 0 saturated carbocycles. The zero-order valence-corrected chi connectivity index (χ0v) is 12.0. The quantitative estimate of drug-likeness (QED) is 0.800. The van der Waals surface area contributed by atoms with Crippen LogP contribution in [0.2, 0.25) is 0 Å². The van der Waals surface area contributed by atoms with Gasteiger partial charge in [0, 0.05) is 5.56 Å². The van der Waals surface area contributed by atoms with E-state index in [4.69, 9.17) is 4.74 Å². The van der Waals surface area contributed by atoms with Gasteiger partial charge in [-0.15, -0.1) is 0 Å². The predicted octanol–water partition coefficient (Wildman–Crippen LogP) is 3.39. The summed E-state index contributed by atoms with van der Waals surface area (Å²) in [6, 6.07) is 5.96. The number of ether oxygens (including phenoxy) is 1. The summed E-state index contributed by atoms with van der Waals surface area (Å²) in [6.07, 6.45) is 3.15. The van der Waals surface area contributed by atoms with Crippen molar-refractivity contribution in [2.75, 3.05) is 6.61 Å². The highest BCUT2D eigenvalue weighted by molar-refractivity contribution is 5.88. The van der Waals surface area contributed by atoms with E-state index in [1.807, 2.05) is 32.0 Å². The molecule has 0 atom stereocenters. The van der Waals surface area contributed by atoms with Gasteiger partial charge in [-0.05, 0) is 31.9 Å². The summed E-state index contributed by atoms with van der Waals surface area (Å²) in [5.41, 5.74) is 4.32. The molecule has 4 heteroatoms. The third-order valence-electron chi connectivity index (χ3n) is 3.06. The third-order valence-corrected chi connectivity index (χ3v) is 3.06. The molecule has 0 amide bonds. The Morgan fingerprint density at radius 3 is 2.85 bits per heavy atom. The Morgan fingerprint density at radius 2 is 2.20 bits per heavy atom. The van der Waals surface area contributed by atoms with Crippen LogP contribution in [0.5, 0.6) is 0 Å². The van der Waals surface area contributed by atoms with Crippen molar-refractivity contribution >= 4 is 11.5 Å². The van der Waals surface area contributed by atoms with E-state index in [1.165, 1.54) is 6.20 Å². The molecule has 2 aromatic rings. The normalized spacial score (nSPS) is 10.3. The molecular weight excluding hydrogens is 252 g/mol. The maximum atomic E-state index is 12.0. The Hall–Kier alpha value is -2.36. The first-order chi connectivity index (χ1) is 9.56. The van der Waals surface area contributed by atoms with Gasteiger partial charge in [-0.3, -0.25) is 4.57 Å². The van der Waals surface area contributed by atoms with E-state index in [0.29, 0.717) is 12.3 Å².